The van der Waals surface area contributed by atoms with E-state index in [9.17, 15) is 0 Å². The van der Waals surface area contributed by atoms with E-state index < -0.39 is 0 Å². The average molecular weight is 351 g/mol. The monoisotopic (exact) mass is 351 g/mol. The Balaban J connectivity index is 1.57. The topological polar surface area (TPSA) is 90.6 Å². The van der Waals surface area contributed by atoms with Crippen molar-refractivity contribution in [1.29, 1.82) is 0 Å². The molecule has 3 aromatic rings. The van der Waals surface area contributed by atoms with Crippen molar-refractivity contribution in [2.45, 2.75) is 57.8 Å². The van der Waals surface area contributed by atoms with Gasteiger partial charge in [0.15, 0.2) is 11.2 Å². The molecule has 2 aliphatic heterocycles. The van der Waals surface area contributed by atoms with Gasteiger partial charge < -0.3 is 14.6 Å². The fourth-order valence-corrected chi connectivity index (χ4v) is 4.08. The van der Waals surface area contributed by atoms with Crippen LogP contribution < -0.4 is 10.1 Å². The molecule has 0 saturated carbocycles. The van der Waals surface area contributed by atoms with Crippen LogP contribution in [0.4, 0.5) is 0 Å². The molecule has 2 saturated heterocycles. The second-order valence-electron chi connectivity index (χ2n) is 6.99. The Bertz CT molecular complexity index is 952. The van der Waals surface area contributed by atoms with Crippen molar-refractivity contribution < 1.29 is 4.74 Å². The van der Waals surface area contributed by atoms with E-state index in [2.05, 4.69) is 36.7 Å². The molecule has 3 atom stereocenters. The largest absolute Gasteiger partial charge is 0.471 e. The average Bonchev–Trinajstić information content (AvgIpc) is 3.36. The van der Waals surface area contributed by atoms with Crippen LogP contribution in [-0.4, -0.2) is 47.7 Å². The van der Waals surface area contributed by atoms with E-state index in [-0.39, 0.29) is 6.10 Å². The Morgan fingerprint density at radius 2 is 2.04 bits per heavy atom. The summed E-state index contributed by atoms with van der Waals surface area (Å²) in [6, 6.07) is 0.999. The minimum absolute atomic E-state index is 0.157. The first-order chi connectivity index (χ1) is 12.7. The number of nitrogens with one attached hydrogen (secondary N) is 1. The molecule has 3 aromatic heterocycles. The van der Waals surface area contributed by atoms with Gasteiger partial charge in [-0.3, -0.25) is 0 Å². The van der Waals surface area contributed by atoms with Gasteiger partial charge in [-0.05, 0) is 26.7 Å². The number of nitrogens with zero attached hydrogens (tertiary/aromatic N) is 6. The smallest absolute Gasteiger partial charge is 0.245 e. The Hall–Kier alpha value is -2.61. The highest BCUT2D eigenvalue weighted by atomic mass is 16.5. The molecule has 1 N–H and O–H groups in total. The quantitative estimate of drug-likeness (QED) is 0.767. The summed E-state index contributed by atoms with van der Waals surface area (Å²) in [5.74, 6) is 2.09. The molecular formula is C18H21N7O. The first-order valence-electron chi connectivity index (χ1n) is 9.16. The van der Waals surface area contributed by atoms with Crippen LogP contribution in [0.5, 0.6) is 5.88 Å². The number of ether oxygens (including phenoxy) is 1. The van der Waals surface area contributed by atoms with E-state index in [1.54, 1.807) is 18.7 Å². The number of hydrogen-bond donors (Lipinski definition) is 1. The van der Waals surface area contributed by atoms with Crippen LogP contribution in [0.1, 0.15) is 32.0 Å². The zero-order valence-corrected chi connectivity index (χ0v) is 14.9. The Morgan fingerprint density at radius 3 is 2.73 bits per heavy atom. The number of aryl methyl sites for hydroxylation is 2. The van der Waals surface area contributed by atoms with Gasteiger partial charge in [-0.1, -0.05) is 0 Å². The van der Waals surface area contributed by atoms with E-state index in [0.717, 1.165) is 35.8 Å². The summed E-state index contributed by atoms with van der Waals surface area (Å²) in [5.41, 5.74) is 2.35. The zero-order chi connectivity index (χ0) is 17.7. The first kappa shape index (κ1) is 15.6. The highest BCUT2D eigenvalue weighted by molar-refractivity contribution is 5.81. The molecule has 0 aromatic carbocycles. The number of imidazole rings is 1. The molecule has 8 heteroatoms. The van der Waals surface area contributed by atoms with Crippen LogP contribution in [0.25, 0.3) is 22.6 Å². The van der Waals surface area contributed by atoms with Gasteiger partial charge in [0.25, 0.3) is 0 Å². The van der Waals surface area contributed by atoms with Crippen LogP contribution >= 0.6 is 0 Å². The molecule has 5 heterocycles. The van der Waals surface area contributed by atoms with Gasteiger partial charge in [0.1, 0.15) is 24.1 Å². The standard InChI is InChI=1S/C18H21N7O/c1-3-25-16(11-7-19-10(2)20-8-11)24-15-17(25)21-9-22-18(15)26-14-6-12-4-5-13(14)23-12/h7-9,12-14,23H,3-6H2,1-2H3. The second-order valence-corrected chi connectivity index (χ2v) is 6.99. The molecule has 5 rings (SSSR count). The first-order valence-corrected chi connectivity index (χ1v) is 9.16. The van der Waals surface area contributed by atoms with E-state index in [4.69, 9.17) is 9.72 Å². The zero-order valence-electron chi connectivity index (χ0n) is 14.9. The Morgan fingerprint density at radius 1 is 1.19 bits per heavy atom. The van der Waals surface area contributed by atoms with Crippen molar-refractivity contribution in [3.8, 4) is 17.3 Å². The maximum absolute atomic E-state index is 6.27. The number of fused-ring (bicyclic) bond motifs is 3. The minimum Gasteiger partial charge on any atom is -0.471 e. The lowest BCUT2D eigenvalue weighted by Crippen LogP contribution is -2.32. The number of aromatic nitrogens is 6. The van der Waals surface area contributed by atoms with Crippen LogP contribution in [0.3, 0.4) is 0 Å². The fraction of sp³-hybridized carbons (Fsp3) is 0.500. The van der Waals surface area contributed by atoms with E-state index >= 15 is 0 Å². The maximum atomic E-state index is 6.27. The maximum Gasteiger partial charge on any atom is 0.245 e. The third kappa shape index (κ3) is 2.44. The molecule has 0 amide bonds. The normalized spacial score (nSPS) is 24.5. The molecule has 0 radical (unpaired) electrons. The Kier molecular flexibility index (Phi) is 3.59. The summed E-state index contributed by atoms with van der Waals surface area (Å²) in [7, 11) is 0. The van der Waals surface area contributed by atoms with Crippen molar-refractivity contribution in [1.82, 2.24) is 34.8 Å². The minimum atomic E-state index is 0.157. The molecule has 134 valence electrons. The van der Waals surface area contributed by atoms with Crippen LogP contribution in [0.2, 0.25) is 0 Å². The third-order valence-electron chi connectivity index (χ3n) is 5.36. The number of hydrogen-bond acceptors (Lipinski definition) is 7. The predicted octanol–water partition coefficient (Wildman–Crippen LogP) is 1.88. The predicted molar refractivity (Wildman–Crippen MR) is 95.7 cm³/mol. The van der Waals surface area contributed by atoms with Crippen molar-refractivity contribution in [3.63, 3.8) is 0 Å². The van der Waals surface area contributed by atoms with Crippen molar-refractivity contribution in [3.05, 3.63) is 24.5 Å². The van der Waals surface area contributed by atoms with Gasteiger partial charge in [-0.15, -0.1) is 0 Å². The molecule has 3 unspecified atom stereocenters. The summed E-state index contributed by atoms with van der Waals surface area (Å²) in [6.45, 7) is 4.68. The van der Waals surface area contributed by atoms with Gasteiger partial charge in [-0.25, -0.2) is 19.9 Å². The summed E-state index contributed by atoms with van der Waals surface area (Å²) >= 11 is 0. The number of rotatable bonds is 4. The highest BCUT2D eigenvalue weighted by Crippen LogP contribution is 2.33. The van der Waals surface area contributed by atoms with Gasteiger partial charge >= 0.3 is 0 Å². The molecule has 2 aliphatic rings. The Labute approximate surface area is 151 Å². The molecule has 2 bridgehead atoms. The molecule has 0 spiro atoms. The summed E-state index contributed by atoms with van der Waals surface area (Å²) in [5, 5.41) is 3.59. The molecular weight excluding hydrogens is 330 g/mol. The summed E-state index contributed by atoms with van der Waals surface area (Å²) in [6.07, 6.45) is 8.74. The van der Waals surface area contributed by atoms with Crippen molar-refractivity contribution >= 4 is 11.2 Å². The van der Waals surface area contributed by atoms with Crippen molar-refractivity contribution in [2.75, 3.05) is 0 Å². The second kappa shape index (κ2) is 5.98. The van der Waals surface area contributed by atoms with E-state index in [1.807, 2.05) is 6.92 Å². The highest BCUT2D eigenvalue weighted by Gasteiger charge is 2.41. The fourth-order valence-electron chi connectivity index (χ4n) is 4.08. The van der Waals surface area contributed by atoms with Crippen LogP contribution in [0.15, 0.2) is 18.7 Å². The van der Waals surface area contributed by atoms with Crippen LogP contribution in [0, 0.1) is 6.92 Å². The molecule has 0 aliphatic carbocycles. The molecule has 8 nitrogen and oxygen atoms in total. The third-order valence-corrected chi connectivity index (χ3v) is 5.36. The SMILES string of the molecule is CCn1c(-c2cnc(C)nc2)nc2c(OC3CC4CCC3N4)ncnc21. The van der Waals surface area contributed by atoms with E-state index in [1.165, 1.54) is 12.8 Å². The van der Waals surface area contributed by atoms with Crippen molar-refractivity contribution in [2.24, 2.45) is 0 Å². The summed E-state index contributed by atoms with van der Waals surface area (Å²) < 4.78 is 8.32. The van der Waals surface area contributed by atoms with Gasteiger partial charge in [0.05, 0.1) is 5.56 Å². The van der Waals surface area contributed by atoms with E-state index in [0.29, 0.717) is 23.5 Å². The lowest BCUT2D eigenvalue weighted by atomic mass is 9.98. The summed E-state index contributed by atoms with van der Waals surface area (Å²) in [4.78, 5) is 22.2. The lowest BCUT2D eigenvalue weighted by molar-refractivity contribution is 0.166. The van der Waals surface area contributed by atoms with Crippen LogP contribution in [-0.2, 0) is 6.54 Å². The lowest BCUT2D eigenvalue weighted by Gasteiger charge is -2.20. The van der Waals surface area contributed by atoms with Gasteiger partial charge in [0, 0.05) is 37.4 Å². The molecule has 26 heavy (non-hydrogen) atoms. The van der Waals surface area contributed by atoms with Gasteiger partial charge in [-0.2, -0.15) is 4.98 Å². The van der Waals surface area contributed by atoms with Gasteiger partial charge in [0.2, 0.25) is 5.88 Å². The molecule has 2 fully saturated rings.